The molecule has 4 aliphatic rings. The molecule has 5 heteroatoms. The molecule has 29 heavy (non-hydrogen) atoms. The highest BCUT2D eigenvalue weighted by Gasteiger charge is 2.66. The predicted octanol–water partition coefficient (Wildman–Crippen LogP) is 2.92. The van der Waals surface area contributed by atoms with Crippen molar-refractivity contribution in [3.05, 3.63) is 29.3 Å². The fraction of sp³-hybridized carbons (Fsp3) is 0.708. The van der Waals surface area contributed by atoms with Gasteiger partial charge in [0.05, 0.1) is 12.7 Å². The molecule has 1 aromatic rings. The largest absolute Gasteiger partial charge is 0.497 e. The summed E-state index contributed by atoms with van der Waals surface area (Å²) in [6, 6.07) is 6.13. The number of aliphatic hydroxyl groups is 1. The molecular weight excluding hydrogens is 364 g/mol. The maximum Gasteiger partial charge on any atom is 0.221 e. The van der Waals surface area contributed by atoms with Gasteiger partial charge in [-0.2, -0.15) is 0 Å². The minimum Gasteiger partial charge on any atom is -0.497 e. The molecule has 0 bridgehead atoms. The van der Waals surface area contributed by atoms with Crippen molar-refractivity contribution in [2.24, 2.45) is 5.92 Å². The summed E-state index contributed by atoms with van der Waals surface area (Å²) < 4.78 is 5.54. The van der Waals surface area contributed by atoms with Crippen molar-refractivity contribution in [3.63, 3.8) is 0 Å². The van der Waals surface area contributed by atoms with E-state index >= 15 is 0 Å². The van der Waals surface area contributed by atoms with Crippen LogP contribution in [0.1, 0.15) is 63.0 Å². The zero-order valence-electron chi connectivity index (χ0n) is 18.0. The maximum atomic E-state index is 13.1. The van der Waals surface area contributed by atoms with E-state index in [1.54, 1.807) is 7.11 Å². The van der Waals surface area contributed by atoms with Crippen LogP contribution in [-0.4, -0.2) is 53.3 Å². The van der Waals surface area contributed by atoms with Crippen LogP contribution < -0.4 is 10.1 Å². The molecule has 4 fully saturated rings. The minimum atomic E-state index is -0.951. The van der Waals surface area contributed by atoms with Crippen LogP contribution in [0.15, 0.2) is 18.2 Å². The molecule has 5 rings (SSSR count). The van der Waals surface area contributed by atoms with Crippen molar-refractivity contribution in [3.8, 4) is 5.75 Å². The number of aryl methyl sites for hydroxylation is 1. The standard InChI is InChI=1S/C24H34N2O3/c1-16-4-7-19(29-3)12-20(16)23-10-11-26(14-18-5-6-18)17(2)24(23,28)15-22(8-9-22)25-21(27)13-23/h4,7,12,17-18,28H,5-6,8-11,13-15H2,1-3H3,(H,25,27). The number of carbonyl (C=O) groups excluding carboxylic acids is 1. The molecule has 2 saturated heterocycles. The van der Waals surface area contributed by atoms with Gasteiger partial charge in [-0.05, 0) is 81.7 Å². The van der Waals surface area contributed by atoms with Crippen LogP contribution in [0.5, 0.6) is 5.75 Å². The summed E-state index contributed by atoms with van der Waals surface area (Å²) in [7, 11) is 1.68. The Morgan fingerprint density at radius 2 is 2.03 bits per heavy atom. The zero-order chi connectivity index (χ0) is 20.4. The second-order valence-electron chi connectivity index (χ2n) is 10.2. The van der Waals surface area contributed by atoms with Crippen LogP contribution in [0.2, 0.25) is 0 Å². The van der Waals surface area contributed by atoms with E-state index in [9.17, 15) is 9.90 Å². The first-order chi connectivity index (χ1) is 13.8. The average molecular weight is 399 g/mol. The fourth-order valence-electron chi connectivity index (χ4n) is 6.22. The lowest BCUT2D eigenvalue weighted by atomic mass is 9.56. The molecule has 3 atom stereocenters. The third-order valence-corrected chi connectivity index (χ3v) is 8.37. The second-order valence-corrected chi connectivity index (χ2v) is 10.2. The number of amides is 1. The third-order valence-electron chi connectivity index (χ3n) is 8.37. The molecule has 1 aromatic carbocycles. The highest BCUT2D eigenvalue weighted by molar-refractivity contribution is 5.80. The Bertz CT molecular complexity index is 831. The Morgan fingerprint density at radius 3 is 2.69 bits per heavy atom. The highest BCUT2D eigenvalue weighted by atomic mass is 16.5. The SMILES string of the molecule is COc1ccc(C)c(C23CCN(CC4CC4)C(C)C2(O)CC2(CC2)NC(=O)C3)c1. The molecule has 2 saturated carbocycles. The van der Waals surface area contributed by atoms with E-state index in [0.717, 1.165) is 55.1 Å². The van der Waals surface area contributed by atoms with Crippen LogP contribution in [0.25, 0.3) is 0 Å². The number of hydrogen-bond donors (Lipinski definition) is 2. The van der Waals surface area contributed by atoms with Crippen LogP contribution in [0.3, 0.4) is 0 Å². The van der Waals surface area contributed by atoms with E-state index in [-0.39, 0.29) is 17.5 Å². The number of hydrogen-bond acceptors (Lipinski definition) is 4. The molecule has 0 aromatic heterocycles. The Labute approximate surface area is 173 Å². The maximum absolute atomic E-state index is 13.1. The molecule has 2 aliphatic carbocycles. The second kappa shape index (κ2) is 6.45. The summed E-state index contributed by atoms with van der Waals surface area (Å²) >= 11 is 0. The number of fused-ring (bicyclic) bond motifs is 1. The monoisotopic (exact) mass is 398 g/mol. The van der Waals surface area contributed by atoms with Crippen molar-refractivity contribution >= 4 is 5.91 Å². The molecule has 158 valence electrons. The number of nitrogens with one attached hydrogen (secondary N) is 1. The van der Waals surface area contributed by atoms with E-state index in [1.807, 2.05) is 6.07 Å². The molecule has 2 heterocycles. The molecule has 2 N–H and O–H groups in total. The number of ether oxygens (including phenoxy) is 1. The minimum absolute atomic E-state index is 0.0210. The smallest absolute Gasteiger partial charge is 0.221 e. The van der Waals surface area contributed by atoms with Gasteiger partial charge in [0.1, 0.15) is 5.75 Å². The van der Waals surface area contributed by atoms with Gasteiger partial charge in [-0.3, -0.25) is 9.69 Å². The van der Waals surface area contributed by atoms with Gasteiger partial charge in [0.2, 0.25) is 5.91 Å². The molecule has 0 radical (unpaired) electrons. The number of piperidine rings is 1. The lowest BCUT2D eigenvalue weighted by Gasteiger charge is -2.58. The first kappa shape index (κ1) is 19.4. The van der Waals surface area contributed by atoms with Gasteiger partial charge in [-0.15, -0.1) is 0 Å². The number of rotatable bonds is 4. The summed E-state index contributed by atoms with van der Waals surface area (Å²) in [5.74, 6) is 1.66. The van der Waals surface area contributed by atoms with E-state index in [1.165, 1.54) is 12.8 Å². The first-order valence-electron chi connectivity index (χ1n) is 11.2. The van der Waals surface area contributed by atoms with Crippen molar-refractivity contribution in [1.29, 1.82) is 0 Å². The fourth-order valence-corrected chi connectivity index (χ4v) is 6.22. The molecule has 5 nitrogen and oxygen atoms in total. The number of methoxy groups -OCH3 is 1. The van der Waals surface area contributed by atoms with E-state index < -0.39 is 11.0 Å². The number of carbonyl (C=O) groups is 1. The van der Waals surface area contributed by atoms with Gasteiger partial charge in [-0.25, -0.2) is 0 Å². The highest BCUT2D eigenvalue weighted by Crippen LogP contribution is 2.58. The first-order valence-corrected chi connectivity index (χ1v) is 11.2. The van der Waals surface area contributed by atoms with Gasteiger partial charge >= 0.3 is 0 Å². The Kier molecular flexibility index (Phi) is 4.31. The van der Waals surface area contributed by atoms with Crippen LogP contribution in [0, 0.1) is 12.8 Å². The van der Waals surface area contributed by atoms with Gasteiger partial charge in [0.25, 0.3) is 0 Å². The van der Waals surface area contributed by atoms with Gasteiger partial charge in [0, 0.05) is 36.4 Å². The van der Waals surface area contributed by atoms with Crippen molar-refractivity contribution < 1.29 is 14.6 Å². The van der Waals surface area contributed by atoms with Crippen LogP contribution >= 0.6 is 0 Å². The average Bonchev–Trinajstić information content (AvgIpc) is 3.60. The molecule has 1 spiro atoms. The van der Waals surface area contributed by atoms with Crippen LogP contribution in [0.4, 0.5) is 0 Å². The van der Waals surface area contributed by atoms with E-state index in [2.05, 4.69) is 36.2 Å². The summed E-state index contributed by atoms with van der Waals surface area (Å²) in [5, 5.41) is 15.8. The zero-order valence-corrected chi connectivity index (χ0v) is 18.0. The number of likely N-dealkylation sites (tertiary alicyclic amines) is 1. The topological polar surface area (TPSA) is 61.8 Å². The van der Waals surface area contributed by atoms with Gasteiger partial charge in [0.15, 0.2) is 0 Å². The Balaban J connectivity index is 1.64. The van der Waals surface area contributed by atoms with Gasteiger partial charge in [-0.1, -0.05) is 6.07 Å². The van der Waals surface area contributed by atoms with Crippen molar-refractivity contribution in [2.45, 2.75) is 81.4 Å². The molecule has 1 amide bonds. The van der Waals surface area contributed by atoms with Crippen molar-refractivity contribution in [1.82, 2.24) is 10.2 Å². The normalized spacial score (nSPS) is 36.3. The third kappa shape index (κ3) is 3.00. The van der Waals surface area contributed by atoms with E-state index in [0.29, 0.717) is 12.8 Å². The summed E-state index contributed by atoms with van der Waals surface area (Å²) in [6.07, 6.45) is 6.37. The lowest BCUT2D eigenvalue weighted by Crippen LogP contribution is -2.68. The lowest BCUT2D eigenvalue weighted by molar-refractivity contribution is -0.146. The van der Waals surface area contributed by atoms with Crippen LogP contribution in [-0.2, 0) is 10.2 Å². The summed E-state index contributed by atoms with van der Waals surface area (Å²) in [4.78, 5) is 15.6. The summed E-state index contributed by atoms with van der Waals surface area (Å²) in [5.41, 5.74) is 0.475. The molecule has 2 aliphatic heterocycles. The molecular formula is C24H34N2O3. The predicted molar refractivity (Wildman–Crippen MR) is 112 cm³/mol. The summed E-state index contributed by atoms with van der Waals surface area (Å²) in [6.45, 7) is 6.29. The van der Waals surface area contributed by atoms with Crippen molar-refractivity contribution in [2.75, 3.05) is 20.2 Å². The Morgan fingerprint density at radius 1 is 1.28 bits per heavy atom. The number of benzene rings is 1. The Hall–Kier alpha value is -1.59. The molecule has 3 unspecified atom stereocenters. The van der Waals surface area contributed by atoms with E-state index in [4.69, 9.17) is 4.74 Å². The number of nitrogens with zero attached hydrogens (tertiary/aromatic N) is 1. The van der Waals surface area contributed by atoms with Gasteiger partial charge < -0.3 is 15.2 Å². The quantitative estimate of drug-likeness (QED) is 0.819.